The molecule has 0 unspecified atom stereocenters. The zero-order valence-electron chi connectivity index (χ0n) is 11.5. The zero-order valence-corrected chi connectivity index (χ0v) is 14.7. The van der Waals surface area contributed by atoms with E-state index < -0.39 is 0 Å². The standard InChI is InChI=1S/2C7H9.2CH3.Ta/c2*1-2-7-5-3-4-6-7;;;/h2*3-6H,2H2,1H3;2*1H3;/q4*-1;. The van der Waals surface area contributed by atoms with Gasteiger partial charge in [0.1, 0.15) is 0 Å². The first-order chi connectivity index (χ1) is 6.86. The Morgan fingerprint density at radius 3 is 1.00 bits per heavy atom. The van der Waals surface area contributed by atoms with Gasteiger partial charge in [-0.3, -0.25) is 0 Å². The van der Waals surface area contributed by atoms with Crippen LogP contribution in [0.15, 0.2) is 48.5 Å². The maximum Gasteiger partial charge on any atom is 0 e. The van der Waals surface area contributed by atoms with Crippen molar-refractivity contribution in [1.82, 2.24) is 0 Å². The molecule has 0 aliphatic heterocycles. The van der Waals surface area contributed by atoms with Crippen molar-refractivity contribution in [3.05, 3.63) is 74.5 Å². The molecule has 0 fully saturated rings. The third-order valence-electron chi connectivity index (χ3n) is 2.28. The van der Waals surface area contributed by atoms with Crippen LogP contribution in [-0.4, -0.2) is 0 Å². The van der Waals surface area contributed by atoms with Gasteiger partial charge >= 0.3 is 0 Å². The Morgan fingerprint density at radius 1 is 0.647 bits per heavy atom. The SMILES string of the molecule is CC[c-]1cccc1.CC[c-]1cccc1.[CH3-].[CH3-].[Ta]. The molecule has 0 spiro atoms. The van der Waals surface area contributed by atoms with Gasteiger partial charge in [-0.25, -0.2) is 24.3 Å². The van der Waals surface area contributed by atoms with Crippen LogP contribution >= 0.6 is 0 Å². The van der Waals surface area contributed by atoms with Gasteiger partial charge in [0, 0.05) is 22.4 Å². The second kappa shape index (κ2) is 13.5. The van der Waals surface area contributed by atoms with E-state index in [1.54, 1.807) is 0 Å². The fourth-order valence-corrected chi connectivity index (χ4v) is 1.30. The molecule has 0 bridgehead atoms. The van der Waals surface area contributed by atoms with Crippen molar-refractivity contribution in [3.63, 3.8) is 0 Å². The molecule has 1 heteroatoms. The van der Waals surface area contributed by atoms with E-state index in [2.05, 4.69) is 62.4 Å². The Labute approximate surface area is 123 Å². The third-order valence-corrected chi connectivity index (χ3v) is 2.28. The minimum atomic E-state index is 0. The molecule has 0 N–H and O–H groups in total. The fourth-order valence-electron chi connectivity index (χ4n) is 1.30. The molecule has 2 aromatic rings. The zero-order chi connectivity index (χ0) is 10.2. The molecule has 0 aliphatic carbocycles. The van der Waals surface area contributed by atoms with E-state index in [0.717, 1.165) is 12.8 Å². The van der Waals surface area contributed by atoms with Crippen molar-refractivity contribution < 1.29 is 22.4 Å². The van der Waals surface area contributed by atoms with Gasteiger partial charge in [0.15, 0.2) is 0 Å². The molecule has 2 aromatic carbocycles. The van der Waals surface area contributed by atoms with Gasteiger partial charge in [-0.1, -0.05) is 26.7 Å². The topological polar surface area (TPSA) is 0 Å². The van der Waals surface area contributed by atoms with Crippen molar-refractivity contribution in [2.75, 3.05) is 0 Å². The van der Waals surface area contributed by atoms with Crippen LogP contribution in [0.3, 0.4) is 0 Å². The minimum absolute atomic E-state index is 0. The smallest absolute Gasteiger partial charge is 0 e. The molecular weight excluding hydrogens is 373 g/mol. The van der Waals surface area contributed by atoms with Gasteiger partial charge in [0.2, 0.25) is 0 Å². The van der Waals surface area contributed by atoms with Gasteiger partial charge in [0.05, 0.1) is 0 Å². The maximum atomic E-state index is 2.16. The van der Waals surface area contributed by atoms with E-state index in [1.807, 2.05) is 0 Å². The molecule has 0 atom stereocenters. The van der Waals surface area contributed by atoms with E-state index >= 15 is 0 Å². The normalized spacial score (nSPS) is 7.65. The summed E-state index contributed by atoms with van der Waals surface area (Å²) in [6.07, 6.45) is 2.32. The molecule has 0 heterocycles. The second-order valence-electron chi connectivity index (χ2n) is 3.29. The van der Waals surface area contributed by atoms with Crippen LogP contribution in [0, 0.1) is 14.9 Å². The molecule has 0 nitrogen and oxygen atoms in total. The summed E-state index contributed by atoms with van der Waals surface area (Å²) in [4.78, 5) is 0. The Balaban J connectivity index is -0.000000196. The molecule has 17 heavy (non-hydrogen) atoms. The summed E-state index contributed by atoms with van der Waals surface area (Å²) in [7, 11) is 0. The number of hydrogen-bond acceptors (Lipinski definition) is 0. The molecule has 0 saturated carbocycles. The minimum Gasteiger partial charge on any atom is -0.358 e. The first-order valence-corrected chi connectivity index (χ1v) is 5.28. The van der Waals surface area contributed by atoms with Crippen molar-refractivity contribution in [2.45, 2.75) is 26.7 Å². The Kier molecular flexibility index (Phi) is 17.2. The van der Waals surface area contributed by atoms with Crippen LogP contribution in [0.1, 0.15) is 25.0 Å². The van der Waals surface area contributed by atoms with Gasteiger partial charge in [0.25, 0.3) is 0 Å². The Morgan fingerprint density at radius 2 is 0.882 bits per heavy atom. The van der Waals surface area contributed by atoms with Crippen LogP contribution in [0.25, 0.3) is 0 Å². The first kappa shape index (κ1) is 21.7. The van der Waals surface area contributed by atoms with E-state index in [0.29, 0.717) is 0 Å². The predicted octanol–water partition coefficient (Wildman–Crippen LogP) is 4.83. The molecule has 97 valence electrons. The Hall–Kier alpha value is -0.560. The van der Waals surface area contributed by atoms with Crippen LogP contribution in [-0.2, 0) is 35.2 Å². The number of aryl methyl sites for hydroxylation is 2. The molecule has 0 aliphatic rings. The fraction of sp³-hybridized carbons (Fsp3) is 0.250. The molecule has 1 radical (unpaired) electrons. The van der Waals surface area contributed by atoms with Crippen molar-refractivity contribution in [1.29, 1.82) is 0 Å². The molecule has 2 rings (SSSR count). The second-order valence-corrected chi connectivity index (χ2v) is 3.29. The average molecular weight is 397 g/mol. The quantitative estimate of drug-likeness (QED) is 0.637. The van der Waals surface area contributed by atoms with Gasteiger partial charge < -0.3 is 14.9 Å². The molecule has 0 amide bonds. The summed E-state index contributed by atoms with van der Waals surface area (Å²) in [6.45, 7) is 4.32. The summed E-state index contributed by atoms with van der Waals surface area (Å²) in [6, 6.07) is 16.8. The summed E-state index contributed by atoms with van der Waals surface area (Å²) in [5.41, 5.74) is 2.86. The van der Waals surface area contributed by atoms with Crippen molar-refractivity contribution in [2.24, 2.45) is 0 Å². The first-order valence-electron chi connectivity index (χ1n) is 5.28. The van der Waals surface area contributed by atoms with Crippen LogP contribution in [0.5, 0.6) is 0 Å². The summed E-state index contributed by atoms with van der Waals surface area (Å²) >= 11 is 0. The molecular formula is C16H24Ta-4. The Bertz CT molecular complexity index is 269. The predicted molar refractivity (Wildman–Crippen MR) is 75.7 cm³/mol. The summed E-state index contributed by atoms with van der Waals surface area (Å²) < 4.78 is 0. The van der Waals surface area contributed by atoms with Gasteiger partial charge in [-0.2, -0.15) is 35.4 Å². The van der Waals surface area contributed by atoms with Gasteiger partial charge in [-0.05, 0) is 0 Å². The maximum absolute atomic E-state index is 2.16. The van der Waals surface area contributed by atoms with E-state index in [4.69, 9.17) is 0 Å². The average Bonchev–Trinajstić information content (AvgIpc) is 2.92. The van der Waals surface area contributed by atoms with E-state index in [9.17, 15) is 0 Å². The van der Waals surface area contributed by atoms with Crippen LogP contribution in [0.2, 0.25) is 0 Å². The van der Waals surface area contributed by atoms with Crippen molar-refractivity contribution >= 4 is 0 Å². The summed E-state index contributed by atoms with van der Waals surface area (Å²) in [5, 5.41) is 0. The monoisotopic (exact) mass is 397 g/mol. The third kappa shape index (κ3) is 9.17. The van der Waals surface area contributed by atoms with E-state index in [-0.39, 0.29) is 37.2 Å². The molecule has 0 aromatic heterocycles. The van der Waals surface area contributed by atoms with Crippen LogP contribution < -0.4 is 0 Å². The van der Waals surface area contributed by atoms with Crippen LogP contribution in [0.4, 0.5) is 0 Å². The van der Waals surface area contributed by atoms with Crippen molar-refractivity contribution in [3.8, 4) is 0 Å². The summed E-state index contributed by atoms with van der Waals surface area (Å²) in [5.74, 6) is 0. The van der Waals surface area contributed by atoms with Gasteiger partial charge in [-0.15, -0.1) is 0 Å². The van der Waals surface area contributed by atoms with E-state index in [1.165, 1.54) is 11.1 Å². The number of hydrogen-bond donors (Lipinski definition) is 0. The largest absolute Gasteiger partial charge is 0.358 e. The number of rotatable bonds is 2. The molecule has 0 saturated heterocycles.